The van der Waals surface area contributed by atoms with Crippen molar-refractivity contribution in [1.29, 1.82) is 0 Å². The molecule has 6 nitrogen and oxygen atoms in total. The molecule has 0 bridgehead atoms. The van der Waals surface area contributed by atoms with Crippen LogP contribution in [0.4, 0.5) is 21.6 Å². The molecule has 0 aliphatic heterocycles. The van der Waals surface area contributed by atoms with Gasteiger partial charge in [-0.15, -0.1) is 0 Å². The molecule has 1 N–H and O–H groups in total. The van der Waals surface area contributed by atoms with Gasteiger partial charge in [-0.3, -0.25) is 10.1 Å². The molecular formula is C11H8ClFN4O2. The van der Waals surface area contributed by atoms with Crippen molar-refractivity contribution in [2.45, 2.75) is 6.92 Å². The van der Waals surface area contributed by atoms with Crippen molar-refractivity contribution < 1.29 is 9.31 Å². The molecule has 2 aromatic rings. The van der Waals surface area contributed by atoms with Gasteiger partial charge in [-0.1, -0.05) is 17.7 Å². The second-order valence-electron chi connectivity index (χ2n) is 3.73. The Hall–Kier alpha value is -2.28. The van der Waals surface area contributed by atoms with E-state index in [1.165, 1.54) is 12.1 Å². The van der Waals surface area contributed by atoms with Crippen LogP contribution < -0.4 is 5.32 Å². The lowest BCUT2D eigenvalue weighted by atomic mass is 10.2. The van der Waals surface area contributed by atoms with Crippen LogP contribution in [-0.2, 0) is 0 Å². The molecule has 0 aliphatic rings. The van der Waals surface area contributed by atoms with Gasteiger partial charge in [-0.05, 0) is 24.6 Å². The minimum absolute atomic E-state index is 0.0727. The summed E-state index contributed by atoms with van der Waals surface area (Å²) in [6, 6.07) is 4.43. The second kappa shape index (κ2) is 5.15. The lowest BCUT2D eigenvalue weighted by Gasteiger charge is -2.07. The summed E-state index contributed by atoms with van der Waals surface area (Å²) in [6.45, 7) is 1.73. The first-order valence-electron chi connectivity index (χ1n) is 5.17. The van der Waals surface area contributed by atoms with Gasteiger partial charge in [-0.25, -0.2) is 14.4 Å². The van der Waals surface area contributed by atoms with E-state index in [0.717, 1.165) is 11.9 Å². The number of aromatic nitrogens is 2. The summed E-state index contributed by atoms with van der Waals surface area (Å²) in [4.78, 5) is 17.4. The molecular weight excluding hydrogens is 275 g/mol. The van der Waals surface area contributed by atoms with Gasteiger partial charge in [0.05, 0.1) is 10.6 Å². The molecule has 0 saturated heterocycles. The molecule has 0 saturated carbocycles. The second-order valence-corrected chi connectivity index (χ2v) is 4.09. The average Bonchev–Trinajstić information content (AvgIpc) is 2.32. The summed E-state index contributed by atoms with van der Waals surface area (Å²) in [6.07, 6.45) is 1.06. The van der Waals surface area contributed by atoms with E-state index in [1.807, 2.05) is 0 Å². The third-order valence-corrected chi connectivity index (χ3v) is 2.61. The van der Waals surface area contributed by atoms with Gasteiger partial charge in [0.25, 0.3) is 0 Å². The number of nitrogens with zero attached hydrogens (tertiary/aromatic N) is 3. The fourth-order valence-electron chi connectivity index (χ4n) is 1.46. The Kier molecular flexibility index (Phi) is 3.57. The number of anilines is 2. The van der Waals surface area contributed by atoms with E-state index in [-0.39, 0.29) is 16.7 Å². The number of nitrogens with one attached hydrogen (secondary N) is 1. The van der Waals surface area contributed by atoms with Gasteiger partial charge < -0.3 is 5.32 Å². The Labute approximate surface area is 112 Å². The van der Waals surface area contributed by atoms with Crippen LogP contribution in [0.2, 0.25) is 5.15 Å². The highest BCUT2D eigenvalue weighted by Gasteiger charge is 2.22. The van der Waals surface area contributed by atoms with Crippen molar-refractivity contribution in [2.75, 3.05) is 5.32 Å². The number of hydrogen-bond acceptors (Lipinski definition) is 5. The first kappa shape index (κ1) is 13.2. The van der Waals surface area contributed by atoms with Crippen LogP contribution in [0.5, 0.6) is 0 Å². The van der Waals surface area contributed by atoms with Crippen LogP contribution in [-0.4, -0.2) is 14.9 Å². The smallest absolute Gasteiger partial charge is 0.332 e. The zero-order valence-electron chi connectivity index (χ0n) is 9.72. The van der Waals surface area contributed by atoms with E-state index in [2.05, 4.69) is 15.3 Å². The summed E-state index contributed by atoms with van der Waals surface area (Å²) >= 11 is 5.63. The van der Waals surface area contributed by atoms with Crippen LogP contribution in [0.25, 0.3) is 0 Å². The van der Waals surface area contributed by atoms with Gasteiger partial charge in [-0.2, -0.15) is 0 Å². The van der Waals surface area contributed by atoms with Crippen molar-refractivity contribution in [3.8, 4) is 0 Å². The minimum Gasteiger partial charge on any atom is -0.332 e. The number of rotatable bonds is 3. The predicted molar refractivity (Wildman–Crippen MR) is 68.1 cm³/mol. The Balaban J connectivity index is 2.44. The lowest BCUT2D eigenvalue weighted by Crippen LogP contribution is -2.02. The monoisotopic (exact) mass is 282 g/mol. The normalized spacial score (nSPS) is 10.3. The molecule has 8 heteroatoms. The maximum Gasteiger partial charge on any atom is 0.348 e. The Morgan fingerprint density at radius 2 is 2.16 bits per heavy atom. The first-order valence-corrected chi connectivity index (χ1v) is 5.55. The van der Waals surface area contributed by atoms with Crippen LogP contribution in [0.3, 0.4) is 0 Å². The fraction of sp³-hybridized carbons (Fsp3) is 0.0909. The van der Waals surface area contributed by atoms with Gasteiger partial charge in [0, 0.05) is 0 Å². The molecule has 0 aliphatic carbocycles. The molecule has 1 aromatic carbocycles. The van der Waals surface area contributed by atoms with E-state index in [0.29, 0.717) is 0 Å². The summed E-state index contributed by atoms with van der Waals surface area (Å²) in [7, 11) is 0. The standard InChI is InChI=1S/C11H8ClFN4O2/c1-6-2-3-8(7(13)4-6)16-11-9(17(18)19)10(12)14-5-15-11/h2-5H,1H3,(H,14,15,16). The number of nitro groups is 1. The Bertz CT molecular complexity index is 651. The van der Waals surface area contributed by atoms with Crippen LogP contribution >= 0.6 is 11.6 Å². The molecule has 1 heterocycles. The van der Waals surface area contributed by atoms with E-state index < -0.39 is 16.4 Å². The summed E-state index contributed by atoms with van der Waals surface area (Å²) < 4.78 is 13.7. The van der Waals surface area contributed by atoms with Crippen molar-refractivity contribution in [3.63, 3.8) is 0 Å². The Morgan fingerprint density at radius 3 is 2.79 bits per heavy atom. The summed E-state index contributed by atoms with van der Waals surface area (Å²) in [5.41, 5.74) is 0.311. The minimum atomic E-state index is -0.725. The third-order valence-electron chi connectivity index (χ3n) is 2.34. The largest absolute Gasteiger partial charge is 0.348 e. The number of halogens is 2. The molecule has 0 amide bonds. The van der Waals surface area contributed by atoms with Gasteiger partial charge in [0.15, 0.2) is 0 Å². The average molecular weight is 283 g/mol. The third kappa shape index (κ3) is 2.76. The van der Waals surface area contributed by atoms with Crippen LogP contribution in [0.15, 0.2) is 24.5 Å². The fourth-order valence-corrected chi connectivity index (χ4v) is 1.66. The zero-order valence-corrected chi connectivity index (χ0v) is 10.5. The van der Waals surface area contributed by atoms with Crippen molar-refractivity contribution in [1.82, 2.24) is 9.97 Å². The highest BCUT2D eigenvalue weighted by molar-refractivity contribution is 6.31. The maximum atomic E-state index is 13.7. The van der Waals surface area contributed by atoms with E-state index in [1.54, 1.807) is 13.0 Å². The highest BCUT2D eigenvalue weighted by atomic mass is 35.5. The molecule has 98 valence electrons. The number of hydrogen-bond donors (Lipinski definition) is 1. The Morgan fingerprint density at radius 1 is 1.42 bits per heavy atom. The first-order chi connectivity index (χ1) is 8.99. The molecule has 0 radical (unpaired) electrons. The zero-order chi connectivity index (χ0) is 14.0. The van der Waals surface area contributed by atoms with Crippen LogP contribution in [0.1, 0.15) is 5.56 Å². The van der Waals surface area contributed by atoms with E-state index >= 15 is 0 Å². The predicted octanol–water partition coefficient (Wildman–Crippen LogP) is 3.23. The highest BCUT2D eigenvalue weighted by Crippen LogP contribution is 2.31. The SMILES string of the molecule is Cc1ccc(Nc2ncnc(Cl)c2[N+](=O)[O-])c(F)c1. The van der Waals surface area contributed by atoms with Gasteiger partial charge >= 0.3 is 5.69 Å². The number of benzene rings is 1. The van der Waals surface area contributed by atoms with Crippen LogP contribution in [0, 0.1) is 22.9 Å². The quantitative estimate of drug-likeness (QED) is 0.531. The topological polar surface area (TPSA) is 81.0 Å². The van der Waals surface area contributed by atoms with E-state index in [4.69, 9.17) is 11.6 Å². The molecule has 0 spiro atoms. The molecule has 2 rings (SSSR count). The molecule has 19 heavy (non-hydrogen) atoms. The number of aryl methyl sites for hydroxylation is 1. The molecule has 0 atom stereocenters. The summed E-state index contributed by atoms with van der Waals surface area (Å²) in [5, 5.41) is 13.1. The maximum absolute atomic E-state index is 13.7. The van der Waals surface area contributed by atoms with Crippen molar-refractivity contribution >= 4 is 28.8 Å². The summed E-state index contributed by atoms with van der Waals surface area (Å²) in [5.74, 6) is -0.697. The molecule has 1 aromatic heterocycles. The van der Waals surface area contributed by atoms with E-state index in [9.17, 15) is 14.5 Å². The lowest BCUT2D eigenvalue weighted by molar-refractivity contribution is -0.384. The molecule has 0 fully saturated rings. The van der Waals surface area contributed by atoms with Crippen molar-refractivity contribution in [3.05, 3.63) is 51.2 Å². The van der Waals surface area contributed by atoms with Gasteiger partial charge in [0.1, 0.15) is 12.1 Å². The van der Waals surface area contributed by atoms with Crippen molar-refractivity contribution in [2.24, 2.45) is 0 Å². The van der Waals surface area contributed by atoms with Gasteiger partial charge in [0.2, 0.25) is 11.0 Å². The molecule has 0 unspecified atom stereocenters.